The maximum atomic E-state index is 13.5. The molecular formula is C28H34ClN7O. The Kier molecular flexibility index (Phi) is 8.14. The van der Waals surface area contributed by atoms with Crippen molar-refractivity contribution in [1.82, 2.24) is 34.7 Å². The number of tetrazole rings is 1. The first-order valence-corrected chi connectivity index (χ1v) is 13.8. The van der Waals surface area contributed by atoms with E-state index in [0.717, 1.165) is 53.6 Å². The predicted molar refractivity (Wildman–Crippen MR) is 145 cm³/mol. The van der Waals surface area contributed by atoms with Gasteiger partial charge in [-0.3, -0.25) is 14.1 Å². The number of rotatable bonds is 10. The summed E-state index contributed by atoms with van der Waals surface area (Å²) in [7, 11) is 0. The number of halogens is 1. The molecule has 1 saturated carbocycles. The third-order valence-electron chi connectivity index (χ3n) is 7.54. The second kappa shape index (κ2) is 11.9. The van der Waals surface area contributed by atoms with E-state index in [-0.39, 0.29) is 5.69 Å². The van der Waals surface area contributed by atoms with Crippen LogP contribution in [0.2, 0.25) is 5.15 Å². The summed E-state index contributed by atoms with van der Waals surface area (Å²) in [5.41, 5.74) is 4.86. The zero-order valence-electron chi connectivity index (χ0n) is 21.4. The van der Waals surface area contributed by atoms with Crippen molar-refractivity contribution in [3.63, 3.8) is 0 Å². The number of unbranched alkanes of at least 4 members (excludes halogenated alkanes) is 1. The first kappa shape index (κ1) is 25.4. The first-order chi connectivity index (χ1) is 18.2. The van der Waals surface area contributed by atoms with Crippen LogP contribution in [0.4, 0.5) is 0 Å². The average molecular weight is 520 g/mol. The lowest BCUT2D eigenvalue weighted by Crippen LogP contribution is -2.26. The molecule has 0 unspecified atom stereocenters. The van der Waals surface area contributed by atoms with E-state index in [9.17, 15) is 4.79 Å². The molecule has 1 aromatic carbocycles. The van der Waals surface area contributed by atoms with Crippen molar-refractivity contribution in [2.24, 2.45) is 5.92 Å². The first-order valence-electron chi connectivity index (χ1n) is 13.4. The van der Waals surface area contributed by atoms with Crippen LogP contribution in [0.15, 0.2) is 47.5 Å². The van der Waals surface area contributed by atoms with E-state index in [1.54, 1.807) is 12.4 Å². The Bertz CT molecular complexity index is 1350. The van der Waals surface area contributed by atoms with Crippen LogP contribution in [-0.2, 0) is 19.5 Å². The van der Waals surface area contributed by atoms with Crippen LogP contribution in [0.1, 0.15) is 69.5 Å². The maximum absolute atomic E-state index is 13.5. The highest BCUT2D eigenvalue weighted by atomic mass is 35.5. The Morgan fingerprint density at radius 3 is 2.59 bits per heavy atom. The molecular weight excluding hydrogens is 486 g/mol. The quantitative estimate of drug-likeness (QED) is 0.281. The number of pyridine rings is 1. The summed E-state index contributed by atoms with van der Waals surface area (Å²) >= 11 is 6.84. The third kappa shape index (κ3) is 5.69. The van der Waals surface area contributed by atoms with Gasteiger partial charge >= 0.3 is 5.69 Å². The second-order valence-corrected chi connectivity index (χ2v) is 10.4. The molecule has 37 heavy (non-hydrogen) atoms. The van der Waals surface area contributed by atoms with Crippen molar-refractivity contribution in [2.45, 2.75) is 77.8 Å². The highest BCUT2D eigenvalue weighted by molar-refractivity contribution is 6.30. The summed E-state index contributed by atoms with van der Waals surface area (Å²) in [6, 6.07) is 10.2. The average Bonchev–Trinajstić information content (AvgIpc) is 3.55. The van der Waals surface area contributed by atoms with Crippen molar-refractivity contribution >= 4 is 11.6 Å². The summed E-state index contributed by atoms with van der Waals surface area (Å²) in [6.07, 6.45) is 13.9. The Balaban J connectivity index is 1.39. The standard InChI is InChI=1S/C28H34ClN7O/c1-2-3-9-25-26(29)35(17-15-20-7-5-4-6-8-20)28(37)36(25)19-21-10-12-22(13-11-21)23-14-16-30-18-24(23)27-31-33-34-32-27/h10-14,16,18,20H,2-9,15,17,19H2,1H3,(H,31,32,33,34). The molecule has 1 N–H and O–H groups in total. The van der Waals surface area contributed by atoms with Gasteiger partial charge in [-0.2, -0.15) is 0 Å². The maximum Gasteiger partial charge on any atom is 0.329 e. The zero-order chi connectivity index (χ0) is 25.6. The molecule has 0 amide bonds. The van der Waals surface area contributed by atoms with Gasteiger partial charge in [-0.1, -0.05) is 81.3 Å². The van der Waals surface area contributed by atoms with E-state index in [0.29, 0.717) is 30.0 Å². The number of aromatic amines is 1. The molecule has 0 bridgehead atoms. The van der Waals surface area contributed by atoms with E-state index < -0.39 is 0 Å². The fourth-order valence-electron chi connectivity index (χ4n) is 5.42. The number of hydrogen-bond donors (Lipinski definition) is 1. The van der Waals surface area contributed by atoms with Gasteiger partial charge in [0.05, 0.1) is 12.2 Å². The van der Waals surface area contributed by atoms with E-state index in [2.05, 4.69) is 56.8 Å². The molecule has 3 heterocycles. The minimum atomic E-state index is 0.00484. The number of imidazole rings is 1. The molecule has 194 valence electrons. The minimum Gasteiger partial charge on any atom is -0.290 e. The van der Waals surface area contributed by atoms with Gasteiger partial charge in [0.15, 0.2) is 5.82 Å². The molecule has 1 aliphatic carbocycles. The molecule has 0 aliphatic heterocycles. The number of aromatic nitrogens is 7. The van der Waals surface area contributed by atoms with Crippen LogP contribution in [-0.4, -0.2) is 34.7 Å². The number of benzene rings is 1. The normalized spacial score (nSPS) is 14.3. The van der Waals surface area contributed by atoms with E-state index >= 15 is 0 Å². The van der Waals surface area contributed by atoms with Crippen molar-refractivity contribution in [1.29, 1.82) is 0 Å². The van der Waals surface area contributed by atoms with E-state index in [1.165, 1.54) is 32.1 Å². The molecule has 0 radical (unpaired) electrons. The van der Waals surface area contributed by atoms with Crippen LogP contribution in [0.5, 0.6) is 0 Å². The monoisotopic (exact) mass is 519 g/mol. The summed E-state index contributed by atoms with van der Waals surface area (Å²) in [6.45, 7) is 3.37. The van der Waals surface area contributed by atoms with Gasteiger partial charge in [0.25, 0.3) is 0 Å². The van der Waals surface area contributed by atoms with E-state index in [1.807, 2.05) is 15.2 Å². The van der Waals surface area contributed by atoms with Crippen molar-refractivity contribution in [3.05, 3.63) is 69.6 Å². The smallest absolute Gasteiger partial charge is 0.290 e. The second-order valence-electron chi connectivity index (χ2n) is 10.0. The third-order valence-corrected chi connectivity index (χ3v) is 7.96. The van der Waals surface area contributed by atoms with Gasteiger partial charge in [0, 0.05) is 24.5 Å². The molecule has 1 aliphatic rings. The van der Waals surface area contributed by atoms with Gasteiger partial charge in [-0.15, -0.1) is 5.10 Å². The molecule has 3 aromatic heterocycles. The highest BCUT2D eigenvalue weighted by Crippen LogP contribution is 2.30. The van der Waals surface area contributed by atoms with Crippen LogP contribution in [0, 0.1) is 5.92 Å². The minimum absolute atomic E-state index is 0.00484. The fourth-order valence-corrected chi connectivity index (χ4v) is 5.77. The molecule has 9 heteroatoms. The van der Waals surface area contributed by atoms with Crippen LogP contribution in [0.3, 0.4) is 0 Å². The van der Waals surface area contributed by atoms with Gasteiger partial charge in [0.1, 0.15) is 5.15 Å². The topological polar surface area (TPSA) is 94.3 Å². The Morgan fingerprint density at radius 1 is 1.05 bits per heavy atom. The summed E-state index contributed by atoms with van der Waals surface area (Å²) in [4.78, 5) is 17.8. The van der Waals surface area contributed by atoms with Crippen molar-refractivity contribution in [3.8, 4) is 22.5 Å². The Morgan fingerprint density at radius 2 is 1.86 bits per heavy atom. The zero-order valence-corrected chi connectivity index (χ0v) is 22.1. The van der Waals surface area contributed by atoms with Crippen molar-refractivity contribution in [2.75, 3.05) is 0 Å². The van der Waals surface area contributed by atoms with Crippen LogP contribution < -0.4 is 5.69 Å². The highest BCUT2D eigenvalue weighted by Gasteiger charge is 2.20. The fraction of sp³-hybridized carbons (Fsp3) is 0.464. The van der Waals surface area contributed by atoms with Gasteiger partial charge in [-0.05, 0) is 58.4 Å². The number of nitrogens with one attached hydrogen (secondary N) is 1. The lowest BCUT2D eigenvalue weighted by Gasteiger charge is -2.21. The predicted octanol–water partition coefficient (Wildman–Crippen LogP) is 5.91. The molecule has 0 spiro atoms. The Labute approximate surface area is 222 Å². The molecule has 5 rings (SSSR count). The van der Waals surface area contributed by atoms with Gasteiger partial charge in [-0.25, -0.2) is 9.89 Å². The molecule has 4 aromatic rings. The number of hydrogen-bond acceptors (Lipinski definition) is 5. The number of H-pyrrole nitrogens is 1. The Hall–Kier alpha value is -3.26. The largest absolute Gasteiger partial charge is 0.329 e. The molecule has 0 atom stereocenters. The molecule has 8 nitrogen and oxygen atoms in total. The summed E-state index contributed by atoms with van der Waals surface area (Å²) < 4.78 is 3.69. The van der Waals surface area contributed by atoms with Crippen LogP contribution in [0.25, 0.3) is 22.5 Å². The lowest BCUT2D eigenvalue weighted by atomic mass is 9.87. The van der Waals surface area contributed by atoms with Crippen LogP contribution >= 0.6 is 11.6 Å². The van der Waals surface area contributed by atoms with Gasteiger partial charge in [0.2, 0.25) is 0 Å². The SMILES string of the molecule is CCCCc1c(Cl)n(CCC2CCCCC2)c(=O)n1Cc1ccc(-c2ccncc2-c2nnn[nH]2)cc1. The van der Waals surface area contributed by atoms with Crippen molar-refractivity contribution < 1.29 is 0 Å². The molecule has 0 saturated heterocycles. The van der Waals surface area contributed by atoms with E-state index in [4.69, 9.17) is 11.6 Å². The summed E-state index contributed by atoms with van der Waals surface area (Å²) in [5, 5.41) is 14.8. The molecule has 1 fully saturated rings. The number of nitrogens with zero attached hydrogens (tertiary/aromatic N) is 6. The van der Waals surface area contributed by atoms with Gasteiger partial charge < -0.3 is 0 Å². The lowest BCUT2D eigenvalue weighted by molar-refractivity contribution is 0.322. The summed E-state index contributed by atoms with van der Waals surface area (Å²) in [5.74, 6) is 1.28.